The van der Waals surface area contributed by atoms with E-state index in [2.05, 4.69) is 82.0 Å². The molecule has 0 saturated carbocycles. The van der Waals surface area contributed by atoms with Crippen LogP contribution >= 0.6 is 11.3 Å². The first-order valence-electron chi connectivity index (χ1n) is 13.8. The van der Waals surface area contributed by atoms with Crippen LogP contribution in [-0.2, 0) is 6.61 Å². The quantitative estimate of drug-likeness (QED) is 0.186. The molecule has 1 N–H and O–H groups in total. The maximum Gasteiger partial charge on any atom is 0.119 e. The molecule has 0 radical (unpaired) electrons. The van der Waals surface area contributed by atoms with Gasteiger partial charge in [-0.25, -0.2) is 0 Å². The average Bonchev–Trinajstić information content (AvgIpc) is 3.61. The Morgan fingerprint density at radius 3 is 2.51 bits per heavy atom. The summed E-state index contributed by atoms with van der Waals surface area (Å²) >= 11 is 1.75. The van der Waals surface area contributed by atoms with E-state index >= 15 is 0 Å². The molecular formula is C34H35N3O3S. The molecule has 2 heterocycles. The number of thiophene rings is 1. The summed E-state index contributed by atoms with van der Waals surface area (Å²) in [6.45, 7) is 9.08. The van der Waals surface area contributed by atoms with Crippen molar-refractivity contribution in [2.75, 3.05) is 13.2 Å². The van der Waals surface area contributed by atoms with Gasteiger partial charge in [-0.2, -0.15) is 5.11 Å². The van der Waals surface area contributed by atoms with Crippen LogP contribution in [0, 0.1) is 18.8 Å². The van der Waals surface area contributed by atoms with Crippen molar-refractivity contribution in [2.24, 2.45) is 15.4 Å². The van der Waals surface area contributed by atoms with Crippen molar-refractivity contribution in [1.82, 2.24) is 0 Å². The summed E-state index contributed by atoms with van der Waals surface area (Å²) in [7, 11) is 0. The molecule has 5 rings (SSSR count). The second kappa shape index (κ2) is 12.7. The van der Waals surface area contributed by atoms with E-state index in [1.54, 1.807) is 25.2 Å². The van der Waals surface area contributed by atoms with Crippen LogP contribution < -0.4 is 9.47 Å². The van der Waals surface area contributed by atoms with Crippen molar-refractivity contribution < 1.29 is 14.6 Å². The molecule has 4 aromatic rings. The predicted octanol–water partition coefficient (Wildman–Crippen LogP) is 8.31. The summed E-state index contributed by atoms with van der Waals surface area (Å²) in [4.78, 5) is 0. The Kier molecular flexibility index (Phi) is 8.82. The Morgan fingerprint density at radius 1 is 1.00 bits per heavy atom. The normalized spacial score (nSPS) is 13.5. The lowest BCUT2D eigenvalue weighted by Crippen LogP contribution is -2.21. The fraction of sp³-hybridized carbons (Fsp3) is 0.324. The zero-order valence-corrected chi connectivity index (χ0v) is 24.8. The molecule has 6 nitrogen and oxygen atoms in total. The van der Waals surface area contributed by atoms with Crippen LogP contribution in [0.5, 0.6) is 11.5 Å². The molecule has 0 aliphatic carbocycles. The first-order chi connectivity index (χ1) is 19.8. The lowest BCUT2D eigenvalue weighted by molar-refractivity contribution is 0.0553. The van der Waals surface area contributed by atoms with E-state index in [-0.39, 0.29) is 5.92 Å². The molecule has 0 spiro atoms. The predicted molar refractivity (Wildman–Crippen MR) is 167 cm³/mol. The third-order valence-corrected chi connectivity index (χ3v) is 8.02. The molecule has 210 valence electrons. The van der Waals surface area contributed by atoms with Crippen LogP contribution in [0.25, 0.3) is 21.2 Å². The topological polar surface area (TPSA) is 75.8 Å². The van der Waals surface area contributed by atoms with Crippen LogP contribution in [0.1, 0.15) is 56.2 Å². The lowest BCUT2D eigenvalue weighted by Gasteiger charge is -2.17. The van der Waals surface area contributed by atoms with Crippen molar-refractivity contribution in [3.8, 4) is 34.5 Å². The second-order valence-corrected chi connectivity index (χ2v) is 11.8. The number of ether oxygens (including phenoxy) is 2. The Labute approximate surface area is 245 Å². The van der Waals surface area contributed by atoms with E-state index in [0.717, 1.165) is 40.3 Å². The average molecular weight is 566 g/mol. The highest BCUT2D eigenvalue weighted by atomic mass is 32.1. The first-order valence-corrected chi connectivity index (χ1v) is 14.7. The van der Waals surface area contributed by atoms with Crippen molar-refractivity contribution in [3.63, 3.8) is 0 Å². The molecule has 3 aromatic carbocycles. The Morgan fingerprint density at radius 2 is 1.80 bits per heavy atom. The molecule has 0 fully saturated rings. The smallest absolute Gasteiger partial charge is 0.119 e. The zero-order chi connectivity index (χ0) is 28.8. The zero-order valence-electron chi connectivity index (χ0n) is 24.0. The molecule has 1 atom stereocenters. The summed E-state index contributed by atoms with van der Waals surface area (Å²) in [6.07, 6.45) is 1.31. The SMILES string of the molecule is CC#C[C@@H](CC1=NN=NC1)c1ccc(OCc2ccc3scc(-c4ccc(OCCC(C)(C)O)cc4C)c3c2)cc1. The lowest BCUT2D eigenvalue weighted by atomic mass is 9.94. The van der Waals surface area contributed by atoms with Gasteiger partial charge in [0.1, 0.15) is 24.7 Å². The molecule has 0 bridgehead atoms. The number of rotatable bonds is 11. The van der Waals surface area contributed by atoms with Gasteiger partial charge in [-0.1, -0.05) is 30.2 Å². The van der Waals surface area contributed by atoms with Crippen LogP contribution in [0.15, 0.2) is 81.5 Å². The molecule has 1 aromatic heterocycles. The van der Waals surface area contributed by atoms with Crippen molar-refractivity contribution in [2.45, 2.75) is 58.7 Å². The van der Waals surface area contributed by atoms with Crippen LogP contribution in [-0.4, -0.2) is 29.6 Å². The molecule has 41 heavy (non-hydrogen) atoms. The maximum absolute atomic E-state index is 9.94. The van der Waals surface area contributed by atoms with E-state index in [1.165, 1.54) is 21.2 Å². The maximum atomic E-state index is 9.94. The number of benzene rings is 3. The number of aryl methyl sites for hydroxylation is 1. The number of fused-ring (bicyclic) bond motifs is 1. The van der Waals surface area contributed by atoms with Gasteiger partial charge in [0, 0.05) is 28.5 Å². The highest BCUT2D eigenvalue weighted by Gasteiger charge is 2.16. The summed E-state index contributed by atoms with van der Waals surface area (Å²) in [5, 5.41) is 25.2. The van der Waals surface area contributed by atoms with Gasteiger partial charge >= 0.3 is 0 Å². The van der Waals surface area contributed by atoms with Crippen LogP contribution in [0.4, 0.5) is 0 Å². The van der Waals surface area contributed by atoms with E-state index in [1.807, 2.05) is 25.1 Å². The van der Waals surface area contributed by atoms with E-state index in [9.17, 15) is 5.11 Å². The van der Waals surface area contributed by atoms with E-state index in [4.69, 9.17) is 9.47 Å². The standard InChI is InChI=1S/C34H35N3O3S/c1-5-6-26(19-27-20-35-37-36-27)25-8-10-28(11-9-25)40-21-24-7-14-33-31(18-24)32(22-41-33)30-13-12-29(17-23(30)2)39-16-15-34(3,4)38/h7-14,17-18,22,26,38H,15-16,19-21H2,1-4H3/t26-/m0/s1. The van der Waals surface area contributed by atoms with Gasteiger partial charge in [0.25, 0.3) is 0 Å². The molecular weight excluding hydrogens is 530 g/mol. The Bertz CT molecular complexity index is 1640. The van der Waals surface area contributed by atoms with E-state index < -0.39 is 5.60 Å². The van der Waals surface area contributed by atoms with Gasteiger partial charge in [-0.05, 0) is 97.0 Å². The second-order valence-electron chi connectivity index (χ2n) is 10.9. The van der Waals surface area contributed by atoms with Crippen molar-refractivity contribution >= 4 is 27.1 Å². The third-order valence-electron chi connectivity index (χ3n) is 7.06. The molecule has 0 amide bonds. The Hall–Kier alpha value is -3.99. The highest BCUT2D eigenvalue weighted by molar-refractivity contribution is 7.17. The first kappa shape index (κ1) is 28.5. The van der Waals surface area contributed by atoms with Crippen LogP contribution in [0.3, 0.4) is 0 Å². The third kappa shape index (κ3) is 7.40. The van der Waals surface area contributed by atoms with Gasteiger partial charge in [0.15, 0.2) is 0 Å². The van der Waals surface area contributed by atoms with Gasteiger partial charge in [0.2, 0.25) is 0 Å². The highest BCUT2D eigenvalue weighted by Crippen LogP contribution is 2.37. The molecule has 0 saturated heterocycles. The van der Waals surface area contributed by atoms with Crippen LogP contribution in [0.2, 0.25) is 0 Å². The molecule has 0 unspecified atom stereocenters. The largest absolute Gasteiger partial charge is 0.493 e. The van der Waals surface area contributed by atoms with Crippen molar-refractivity contribution in [1.29, 1.82) is 0 Å². The minimum atomic E-state index is -0.735. The van der Waals surface area contributed by atoms with E-state index in [0.29, 0.717) is 26.2 Å². The molecule has 1 aliphatic rings. The molecule has 1 aliphatic heterocycles. The van der Waals surface area contributed by atoms with Gasteiger partial charge in [-0.3, -0.25) is 0 Å². The molecule has 7 heteroatoms. The number of aliphatic hydroxyl groups is 1. The summed E-state index contributed by atoms with van der Waals surface area (Å²) in [6, 6.07) is 20.9. The minimum Gasteiger partial charge on any atom is -0.493 e. The van der Waals surface area contributed by atoms with Gasteiger partial charge in [-0.15, -0.1) is 22.4 Å². The summed E-state index contributed by atoms with van der Waals surface area (Å²) in [5.41, 5.74) is 6.04. The van der Waals surface area contributed by atoms with Gasteiger partial charge < -0.3 is 14.6 Å². The number of hydrogen-bond donors (Lipinski definition) is 1. The van der Waals surface area contributed by atoms with Gasteiger partial charge in [0.05, 0.1) is 23.8 Å². The van der Waals surface area contributed by atoms with Crippen molar-refractivity contribution in [3.05, 3.63) is 82.7 Å². The fourth-order valence-electron chi connectivity index (χ4n) is 4.79. The number of nitrogens with zero attached hydrogens (tertiary/aromatic N) is 3. The summed E-state index contributed by atoms with van der Waals surface area (Å²) < 4.78 is 13.3. The summed E-state index contributed by atoms with van der Waals surface area (Å²) in [5.74, 6) is 8.03. The monoisotopic (exact) mass is 565 g/mol. The number of hydrogen-bond acceptors (Lipinski definition) is 7. The Balaban J connectivity index is 1.26. The fourth-order valence-corrected chi connectivity index (χ4v) is 5.73. The minimum absolute atomic E-state index is 0.0625.